The first kappa shape index (κ1) is 25.2. The van der Waals surface area contributed by atoms with Gasteiger partial charge in [-0.25, -0.2) is 0 Å². The molecule has 0 radical (unpaired) electrons. The molecule has 4 rings (SSSR count). The number of hydrogen-bond donors (Lipinski definition) is 3. The van der Waals surface area contributed by atoms with E-state index in [1.54, 1.807) is 20.5 Å². The lowest BCUT2D eigenvalue weighted by atomic mass is 9.97. The highest BCUT2D eigenvalue weighted by Gasteiger charge is 2.21. The highest BCUT2D eigenvalue weighted by Crippen LogP contribution is 2.32. The summed E-state index contributed by atoms with van der Waals surface area (Å²) >= 11 is 3.53. The number of fused-ring (bicyclic) bond motifs is 1. The predicted molar refractivity (Wildman–Crippen MR) is 138 cm³/mol. The van der Waals surface area contributed by atoms with Crippen LogP contribution < -0.4 is 25.0 Å². The maximum absolute atomic E-state index is 12.7. The minimum absolute atomic E-state index is 0.0373. The molecule has 33 heavy (non-hydrogen) atoms. The van der Waals surface area contributed by atoms with Crippen molar-refractivity contribution in [2.75, 3.05) is 51.6 Å². The van der Waals surface area contributed by atoms with E-state index in [1.165, 1.54) is 11.3 Å². The van der Waals surface area contributed by atoms with Crippen molar-refractivity contribution in [3.8, 4) is 11.5 Å². The fraction of sp³-hybridized carbons (Fsp3) is 0.500. The maximum Gasteiger partial charge on any atom is 0.251 e. The molecule has 2 aromatic carbocycles. The smallest absolute Gasteiger partial charge is 0.251 e. The van der Waals surface area contributed by atoms with Crippen molar-refractivity contribution in [1.82, 2.24) is 10.6 Å². The average molecular weight is 472 g/mol. The van der Waals surface area contributed by atoms with Crippen LogP contribution in [-0.4, -0.2) is 52.6 Å². The van der Waals surface area contributed by atoms with E-state index >= 15 is 0 Å². The Morgan fingerprint density at radius 1 is 1.12 bits per heavy atom. The Bertz CT molecular complexity index is 916. The van der Waals surface area contributed by atoms with Gasteiger partial charge in [0.15, 0.2) is 0 Å². The third kappa shape index (κ3) is 6.58. The number of thiol groups is 1. The number of carbonyl (C=O) groups excluding carboxylic acids is 1. The molecule has 2 heterocycles. The second-order valence-electron chi connectivity index (χ2n) is 8.45. The number of nitrogens with zero attached hydrogens (tertiary/aromatic N) is 1. The van der Waals surface area contributed by atoms with Crippen molar-refractivity contribution in [3.05, 3.63) is 53.1 Å². The Balaban J connectivity index is 0.00000149. The number of hydrogen-bond acceptors (Lipinski definition) is 6. The van der Waals surface area contributed by atoms with Gasteiger partial charge < -0.3 is 25.0 Å². The molecular weight excluding hydrogens is 434 g/mol. The normalized spacial score (nSPS) is 15.7. The van der Waals surface area contributed by atoms with E-state index in [0.717, 1.165) is 81.0 Å². The first-order valence-corrected chi connectivity index (χ1v) is 12.6. The standard InChI is InChI=1S/C25H33N3O3.CH4S/c1-30-22-7-5-21(24(15-22)31-2)17-28-13-3-4-19-14-20(6-8-23(19)28)25(29)27-16-18-9-11-26-12-10-18;1-2/h5-8,14-15,18,26H,3-4,9-13,16-17H2,1-2H3,(H,27,29);2H,1H3. The summed E-state index contributed by atoms with van der Waals surface area (Å²) < 4.78 is 10.9. The van der Waals surface area contributed by atoms with Crippen molar-refractivity contribution in [2.45, 2.75) is 32.2 Å². The van der Waals surface area contributed by atoms with Crippen LogP contribution in [0, 0.1) is 5.92 Å². The van der Waals surface area contributed by atoms with E-state index in [-0.39, 0.29) is 5.91 Å². The molecule has 0 atom stereocenters. The average Bonchev–Trinajstić information content (AvgIpc) is 2.89. The van der Waals surface area contributed by atoms with E-state index in [2.05, 4.69) is 46.4 Å². The lowest BCUT2D eigenvalue weighted by Crippen LogP contribution is -2.36. The highest BCUT2D eigenvalue weighted by molar-refractivity contribution is 7.79. The second kappa shape index (κ2) is 12.8. The largest absolute Gasteiger partial charge is 0.497 e. The second-order valence-corrected chi connectivity index (χ2v) is 8.45. The van der Waals surface area contributed by atoms with Crippen molar-refractivity contribution in [2.24, 2.45) is 5.92 Å². The van der Waals surface area contributed by atoms with E-state index in [4.69, 9.17) is 9.47 Å². The van der Waals surface area contributed by atoms with Gasteiger partial charge in [-0.05, 0) is 86.8 Å². The number of methoxy groups -OCH3 is 2. The van der Waals surface area contributed by atoms with Crippen molar-refractivity contribution in [1.29, 1.82) is 0 Å². The Labute approximate surface area is 203 Å². The predicted octanol–water partition coefficient (Wildman–Crippen LogP) is 3.93. The molecule has 2 N–H and O–H groups in total. The van der Waals surface area contributed by atoms with Gasteiger partial charge in [-0.15, -0.1) is 0 Å². The molecular formula is C26H37N3O3S. The lowest BCUT2D eigenvalue weighted by Gasteiger charge is -2.32. The molecule has 2 aliphatic heterocycles. The number of nitrogens with one attached hydrogen (secondary N) is 2. The topological polar surface area (TPSA) is 62.8 Å². The molecule has 180 valence electrons. The van der Waals surface area contributed by atoms with Gasteiger partial charge in [-0.2, -0.15) is 12.6 Å². The Morgan fingerprint density at radius 2 is 1.91 bits per heavy atom. The van der Waals surface area contributed by atoms with Crippen molar-refractivity contribution < 1.29 is 14.3 Å². The Hall–Kier alpha value is -2.38. The number of benzene rings is 2. The number of piperidine rings is 1. The third-order valence-electron chi connectivity index (χ3n) is 6.42. The number of anilines is 1. The van der Waals surface area contributed by atoms with Gasteiger partial charge in [0.05, 0.1) is 14.2 Å². The Kier molecular flexibility index (Phi) is 9.76. The minimum Gasteiger partial charge on any atom is -0.497 e. The molecule has 1 saturated heterocycles. The molecule has 2 aromatic rings. The number of amides is 1. The maximum atomic E-state index is 12.7. The summed E-state index contributed by atoms with van der Waals surface area (Å²) in [7, 11) is 3.35. The zero-order valence-electron chi connectivity index (χ0n) is 20.0. The van der Waals surface area contributed by atoms with Crippen LogP contribution in [0.5, 0.6) is 11.5 Å². The molecule has 6 nitrogen and oxygen atoms in total. The molecule has 0 unspecified atom stereocenters. The fourth-order valence-electron chi connectivity index (χ4n) is 4.59. The summed E-state index contributed by atoms with van der Waals surface area (Å²) in [5.41, 5.74) is 4.34. The van der Waals surface area contributed by atoms with Gasteiger partial charge in [-0.1, -0.05) is 0 Å². The third-order valence-corrected chi connectivity index (χ3v) is 6.42. The summed E-state index contributed by atoms with van der Waals surface area (Å²) in [5.74, 6) is 2.24. The molecule has 1 fully saturated rings. The summed E-state index contributed by atoms with van der Waals surface area (Å²) in [6.45, 7) is 4.62. The molecule has 0 bridgehead atoms. The zero-order valence-corrected chi connectivity index (χ0v) is 20.9. The van der Waals surface area contributed by atoms with Gasteiger partial charge in [0, 0.05) is 42.5 Å². The van der Waals surface area contributed by atoms with E-state index in [1.807, 2.05) is 18.2 Å². The van der Waals surface area contributed by atoms with E-state index in [9.17, 15) is 4.79 Å². The Morgan fingerprint density at radius 3 is 2.64 bits per heavy atom. The highest BCUT2D eigenvalue weighted by atomic mass is 32.1. The fourth-order valence-corrected chi connectivity index (χ4v) is 4.59. The van der Waals surface area contributed by atoms with Crippen LogP contribution in [0.1, 0.15) is 40.7 Å². The molecule has 0 aliphatic carbocycles. The van der Waals surface area contributed by atoms with Gasteiger partial charge in [0.2, 0.25) is 0 Å². The first-order chi connectivity index (χ1) is 16.2. The van der Waals surface area contributed by atoms with Gasteiger partial charge >= 0.3 is 0 Å². The van der Waals surface area contributed by atoms with Crippen LogP contribution in [0.4, 0.5) is 5.69 Å². The van der Waals surface area contributed by atoms with Crippen LogP contribution in [0.25, 0.3) is 0 Å². The number of carbonyl (C=O) groups is 1. The summed E-state index contributed by atoms with van der Waals surface area (Å²) in [4.78, 5) is 15.1. The number of aryl methyl sites for hydroxylation is 1. The first-order valence-electron chi connectivity index (χ1n) is 11.7. The minimum atomic E-state index is 0.0373. The molecule has 0 saturated carbocycles. The van der Waals surface area contributed by atoms with Gasteiger partial charge in [0.1, 0.15) is 11.5 Å². The zero-order chi connectivity index (χ0) is 23.6. The molecule has 1 amide bonds. The molecule has 7 heteroatoms. The van der Waals surface area contributed by atoms with Crippen LogP contribution in [-0.2, 0) is 13.0 Å². The summed E-state index contributed by atoms with van der Waals surface area (Å²) in [6.07, 6.45) is 6.04. The number of ether oxygens (including phenoxy) is 2. The van der Waals surface area contributed by atoms with Gasteiger partial charge in [0.25, 0.3) is 5.91 Å². The number of rotatable bonds is 7. The van der Waals surface area contributed by atoms with E-state index in [0.29, 0.717) is 5.92 Å². The molecule has 0 spiro atoms. The van der Waals surface area contributed by atoms with Crippen LogP contribution in [0.15, 0.2) is 36.4 Å². The van der Waals surface area contributed by atoms with Gasteiger partial charge in [-0.3, -0.25) is 4.79 Å². The van der Waals surface area contributed by atoms with Crippen LogP contribution in [0.2, 0.25) is 0 Å². The SMILES string of the molecule is COc1ccc(CN2CCCc3cc(C(=O)NCC4CCNCC4)ccc32)c(OC)c1.CS. The van der Waals surface area contributed by atoms with E-state index < -0.39 is 0 Å². The monoisotopic (exact) mass is 471 g/mol. The van der Waals surface area contributed by atoms with Crippen molar-refractivity contribution >= 4 is 24.2 Å². The lowest BCUT2D eigenvalue weighted by molar-refractivity contribution is 0.0944. The summed E-state index contributed by atoms with van der Waals surface area (Å²) in [5, 5.41) is 6.51. The van der Waals surface area contributed by atoms with Crippen LogP contribution in [0.3, 0.4) is 0 Å². The molecule has 2 aliphatic rings. The van der Waals surface area contributed by atoms with Crippen molar-refractivity contribution in [3.63, 3.8) is 0 Å². The quantitative estimate of drug-likeness (QED) is 0.534. The van der Waals surface area contributed by atoms with Crippen LogP contribution >= 0.6 is 12.6 Å². The summed E-state index contributed by atoms with van der Waals surface area (Å²) in [6, 6.07) is 12.1. The molecule has 0 aromatic heterocycles.